The van der Waals surface area contributed by atoms with E-state index in [9.17, 15) is 18.0 Å². The number of hydrogen-bond donors (Lipinski definition) is 1. The van der Waals surface area contributed by atoms with Gasteiger partial charge in [0.1, 0.15) is 12.7 Å². The van der Waals surface area contributed by atoms with Crippen molar-refractivity contribution < 1.29 is 26.4 Å². The molecule has 4 rings (SSSR count). The van der Waals surface area contributed by atoms with Crippen molar-refractivity contribution in [2.75, 3.05) is 31.1 Å². The van der Waals surface area contributed by atoms with Crippen LogP contribution in [-0.4, -0.2) is 67.2 Å². The van der Waals surface area contributed by atoms with Gasteiger partial charge in [0, 0.05) is 38.3 Å². The molecule has 0 radical (unpaired) electrons. The molecule has 0 bridgehead atoms. The van der Waals surface area contributed by atoms with E-state index in [4.69, 9.17) is 14.2 Å². The Morgan fingerprint density at radius 3 is 2.50 bits per heavy atom. The third-order valence-corrected chi connectivity index (χ3v) is 6.13. The van der Waals surface area contributed by atoms with Crippen molar-refractivity contribution in [3.63, 3.8) is 0 Å². The number of alkyl halides is 1. The number of carbonyl (C=O) groups is 1. The van der Waals surface area contributed by atoms with Gasteiger partial charge in [-0.2, -0.15) is 8.42 Å². The van der Waals surface area contributed by atoms with Gasteiger partial charge in [-0.05, 0) is 18.8 Å². The van der Waals surface area contributed by atoms with Gasteiger partial charge in [-0.15, -0.1) is 0 Å². The summed E-state index contributed by atoms with van der Waals surface area (Å²) < 4.78 is 59.7. The zero-order chi connectivity index (χ0) is 23.4. The lowest BCUT2D eigenvalue weighted by atomic mass is 10.1. The van der Waals surface area contributed by atoms with E-state index >= 15 is 0 Å². The molecule has 2 aliphatic heterocycles. The van der Waals surface area contributed by atoms with Crippen LogP contribution < -0.4 is 10.6 Å². The lowest BCUT2D eigenvalue weighted by molar-refractivity contribution is -0.130. The number of benzene rings is 1. The maximum absolute atomic E-state index is 13.9. The van der Waals surface area contributed by atoms with Crippen molar-refractivity contribution >= 4 is 34.5 Å². The van der Waals surface area contributed by atoms with Crippen LogP contribution in [0.1, 0.15) is 26.2 Å². The van der Waals surface area contributed by atoms with Gasteiger partial charge in [0.2, 0.25) is 11.9 Å². The fourth-order valence-electron chi connectivity index (χ4n) is 4.27. The Balaban J connectivity index is 0.000000913. The minimum absolute atomic E-state index is 0.0296. The highest BCUT2D eigenvalue weighted by molar-refractivity contribution is 7.51. The van der Waals surface area contributed by atoms with Crippen LogP contribution in [0.5, 0.6) is 0 Å². The molecule has 1 amide bonds. The number of anilines is 1. The van der Waals surface area contributed by atoms with E-state index in [-0.39, 0.29) is 30.9 Å². The van der Waals surface area contributed by atoms with Gasteiger partial charge in [-0.1, -0.05) is 13.3 Å². The fourth-order valence-corrected chi connectivity index (χ4v) is 4.27. The summed E-state index contributed by atoms with van der Waals surface area (Å²) in [6.07, 6.45) is 1.13. The van der Waals surface area contributed by atoms with Gasteiger partial charge in [0.05, 0.1) is 17.1 Å². The van der Waals surface area contributed by atoms with E-state index in [1.807, 2.05) is 4.90 Å². The SMILES string of the molecule is CCC1CCN(C(=O)Cn2c(N3CC[C@@H](F)[C@H](N)C3)nc3cc(F)c(F)cc32)C1.O=S=O. The highest BCUT2D eigenvalue weighted by atomic mass is 32.1. The molecule has 1 aromatic heterocycles. The Kier molecular flexibility index (Phi) is 7.88. The minimum atomic E-state index is -1.10. The second-order valence-electron chi connectivity index (χ2n) is 8.14. The molecular weight excluding hydrogens is 447 g/mol. The second kappa shape index (κ2) is 10.4. The summed E-state index contributed by atoms with van der Waals surface area (Å²) in [6, 6.07) is 1.42. The van der Waals surface area contributed by atoms with E-state index in [1.54, 1.807) is 9.47 Å². The van der Waals surface area contributed by atoms with Crippen LogP contribution in [0.4, 0.5) is 19.1 Å². The summed E-state index contributed by atoms with van der Waals surface area (Å²) in [4.78, 5) is 21.0. The number of carbonyl (C=O) groups excluding carboxylic acids is 1. The molecule has 1 unspecified atom stereocenters. The maximum Gasteiger partial charge on any atom is 0.335 e. The molecule has 8 nitrogen and oxygen atoms in total. The summed E-state index contributed by atoms with van der Waals surface area (Å²) in [6.45, 7) is 4.08. The molecule has 2 aromatic rings. The highest BCUT2D eigenvalue weighted by Crippen LogP contribution is 2.28. The first-order valence-electron chi connectivity index (χ1n) is 10.5. The molecule has 12 heteroatoms. The first kappa shape index (κ1) is 24.2. The number of amides is 1. The molecule has 2 aliphatic rings. The van der Waals surface area contributed by atoms with Crippen LogP contribution in [0.2, 0.25) is 0 Å². The van der Waals surface area contributed by atoms with Crippen molar-refractivity contribution in [3.05, 3.63) is 23.8 Å². The van der Waals surface area contributed by atoms with Gasteiger partial charge in [0.15, 0.2) is 11.6 Å². The predicted octanol–water partition coefficient (Wildman–Crippen LogP) is 1.78. The van der Waals surface area contributed by atoms with Crippen LogP contribution in [0.3, 0.4) is 0 Å². The average Bonchev–Trinajstić information content (AvgIpc) is 3.37. The zero-order valence-electron chi connectivity index (χ0n) is 17.7. The Hall–Kier alpha value is -2.47. The number of likely N-dealkylation sites (tertiary alicyclic amines) is 1. The monoisotopic (exact) mass is 473 g/mol. The average molecular weight is 474 g/mol. The fraction of sp³-hybridized carbons (Fsp3) is 0.600. The van der Waals surface area contributed by atoms with E-state index in [2.05, 4.69) is 11.9 Å². The third kappa shape index (κ3) is 5.12. The first-order chi connectivity index (χ1) is 15.3. The number of halogens is 3. The van der Waals surface area contributed by atoms with E-state index in [1.165, 1.54) is 0 Å². The smallest absolute Gasteiger partial charge is 0.335 e. The summed E-state index contributed by atoms with van der Waals surface area (Å²) in [5.41, 5.74) is 6.48. The molecule has 2 fully saturated rings. The van der Waals surface area contributed by atoms with Gasteiger partial charge in [-0.25, -0.2) is 18.2 Å². The Labute approximate surface area is 187 Å². The molecule has 0 aliphatic carbocycles. The standard InChI is InChI=1S/C20H26F3N5O.O2S/c1-2-12-3-5-26(9-12)19(29)11-28-18-8-15(23)14(22)7-17(18)25-20(28)27-6-4-13(21)16(24)10-27;1-3-2/h7-8,12-13,16H,2-6,9-11,24H2,1H3;/t12?,13-,16-;/m1./s1. The highest BCUT2D eigenvalue weighted by Gasteiger charge is 2.31. The number of piperidine rings is 1. The number of fused-ring (bicyclic) bond motifs is 1. The topological polar surface area (TPSA) is 102 Å². The summed E-state index contributed by atoms with van der Waals surface area (Å²) in [5, 5.41) is 0. The van der Waals surface area contributed by atoms with Crippen molar-refractivity contribution in [1.82, 2.24) is 14.5 Å². The summed E-state index contributed by atoms with van der Waals surface area (Å²) in [5.74, 6) is -1.19. The second-order valence-corrected chi connectivity index (χ2v) is 8.27. The van der Waals surface area contributed by atoms with E-state index < -0.39 is 35.4 Å². The molecule has 3 atom stereocenters. The number of imidazole rings is 1. The normalized spacial score (nSPS) is 23.2. The first-order valence-corrected chi connectivity index (χ1v) is 11.1. The van der Waals surface area contributed by atoms with E-state index in [0.717, 1.165) is 25.0 Å². The summed E-state index contributed by atoms with van der Waals surface area (Å²) >= 11 is -0.750. The lowest BCUT2D eigenvalue weighted by Crippen LogP contribution is -2.50. The third-order valence-electron chi connectivity index (χ3n) is 6.13. The van der Waals surface area contributed by atoms with Gasteiger partial charge in [-0.3, -0.25) is 4.79 Å². The van der Waals surface area contributed by atoms with Crippen molar-refractivity contribution in [3.8, 4) is 0 Å². The maximum atomic E-state index is 13.9. The number of hydrogen-bond acceptors (Lipinski definition) is 6. The number of aromatic nitrogens is 2. The van der Waals surface area contributed by atoms with Crippen LogP contribution in [0.25, 0.3) is 11.0 Å². The van der Waals surface area contributed by atoms with Crippen LogP contribution >= 0.6 is 0 Å². The quantitative estimate of drug-likeness (QED) is 0.727. The van der Waals surface area contributed by atoms with Crippen molar-refractivity contribution in [1.29, 1.82) is 0 Å². The molecule has 0 saturated carbocycles. The number of nitrogens with zero attached hydrogens (tertiary/aromatic N) is 4. The predicted molar refractivity (Wildman–Crippen MR) is 113 cm³/mol. The molecule has 0 spiro atoms. The van der Waals surface area contributed by atoms with Crippen LogP contribution in [0, 0.1) is 17.6 Å². The number of nitrogens with two attached hydrogens (primary N) is 1. The molecule has 2 N–H and O–H groups in total. The molecule has 176 valence electrons. The molecule has 3 heterocycles. The van der Waals surface area contributed by atoms with Crippen LogP contribution in [-0.2, 0) is 22.9 Å². The van der Waals surface area contributed by atoms with Crippen molar-refractivity contribution in [2.24, 2.45) is 11.7 Å². The molecular formula is C20H26F3N5O3S. The summed E-state index contributed by atoms with van der Waals surface area (Å²) in [7, 11) is 0. The largest absolute Gasteiger partial charge is 0.341 e. The van der Waals surface area contributed by atoms with Crippen LogP contribution in [0.15, 0.2) is 12.1 Å². The van der Waals surface area contributed by atoms with Gasteiger partial charge >= 0.3 is 11.6 Å². The Morgan fingerprint density at radius 1 is 1.19 bits per heavy atom. The van der Waals surface area contributed by atoms with Gasteiger partial charge < -0.3 is 20.1 Å². The molecule has 32 heavy (non-hydrogen) atoms. The minimum Gasteiger partial charge on any atom is -0.341 e. The van der Waals surface area contributed by atoms with Gasteiger partial charge in [0.25, 0.3) is 0 Å². The Morgan fingerprint density at radius 2 is 1.88 bits per heavy atom. The molecule has 2 saturated heterocycles. The lowest BCUT2D eigenvalue weighted by Gasteiger charge is -2.34. The van der Waals surface area contributed by atoms with E-state index in [0.29, 0.717) is 37.0 Å². The Bertz CT molecular complexity index is 1010. The van der Waals surface area contributed by atoms with Crippen molar-refractivity contribution in [2.45, 2.75) is 44.9 Å². The molecule has 1 aromatic carbocycles. The number of rotatable bonds is 4. The zero-order valence-corrected chi connectivity index (χ0v) is 18.5.